The van der Waals surface area contributed by atoms with Crippen molar-refractivity contribution in [2.24, 2.45) is 0 Å². The maximum absolute atomic E-state index is 2.74. The minimum absolute atomic E-state index is 0.685. The van der Waals surface area contributed by atoms with Crippen LogP contribution in [0.2, 0.25) is 13.1 Å². The number of fused-ring (bicyclic) bond motifs is 8. The molecular weight excluding hydrogens is 624 g/mol. The summed E-state index contributed by atoms with van der Waals surface area (Å²) in [5.74, 6) is 0. The molecule has 0 fully saturated rings. The van der Waals surface area contributed by atoms with Gasteiger partial charge in [-0.2, -0.15) is 0 Å². The van der Waals surface area contributed by atoms with Crippen LogP contribution in [-0.4, -0.2) is 8.07 Å². The molecule has 44 heavy (non-hydrogen) atoms. The summed E-state index contributed by atoms with van der Waals surface area (Å²) in [7, 11) is -2.14. The van der Waals surface area contributed by atoms with Crippen LogP contribution >= 0.6 is 0 Å². The molecule has 0 aromatic heterocycles. The predicted octanol–water partition coefficient (Wildman–Crippen LogP) is 12.2. The molecule has 0 nitrogen and oxygen atoms in total. The van der Waals surface area contributed by atoms with Crippen molar-refractivity contribution >= 4 is 18.5 Å². The second kappa shape index (κ2) is 12.0. The Morgan fingerprint density at radius 2 is 0.977 bits per heavy atom. The van der Waals surface area contributed by atoms with Gasteiger partial charge in [0.15, 0.2) is 0 Å². The molecule has 4 bridgehead atoms. The number of unbranched alkanes of at least 4 members (excludes halogenated alkanes) is 2. The first-order valence-corrected chi connectivity index (χ1v) is 22.8. The van der Waals surface area contributed by atoms with Gasteiger partial charge in [-0.05, 0) is 0 Å². The van der Waals surface area contributed by atoms with Gasteiger partial charge in [0, 0.05) is 0 Å². The van der Waals surface area contributed by atoms with E-state index in [1.54, 1.807) is 22.3 Å². The van der Waals surface area contributed by atoms with E-state index in [4.69, 9.17) is 0 Å². The molecule has 4 aromatic rings. The summed E-state index contributed by atoms with van der Waals surface area (Å²) in [6.07, 6.45) is 7.71. The van der Waals surface area contributed by atoms with Crippen LogP contribution in [0.5, 0.6) is 0 Å². The Hall–Kier alpha value is -2.54. The molecule has 1 aliphatic heterocycles. The Morgan fingerprint density at radius 1 is 0.568 bits per heavy atom. The van der Waals surface area contributed by atoms with Crippen molar-refractivity contribution < 1.29 is 23.2 Å². The van der Waals surface area contributed by atoms with E-state index in [9.17, 15) is 0 Å². The molecule has 2 heteroatoms. The summed E-state index contributed by atoms with van der Waals surface area (Å²) in [5, 5.41) is 3.63. The van der Waals surface area contributed by atoms with Crippen LogP contribution in [0.1, 0.15) is 93.0 Å². The summed E-state index contributed by atoms with van der Waals surface area (Å²) in [4.78, 5) is 0. The summed E-state index contributed by atoms with van der Waals surface area (Å²) >= 11 is -0.947. The fourth-order valence-corrected chi connectivity index (χ4v) is 18.7. The molecule has 4 aromatic carbocycles. The molecule has 0 saturated heterocycles. The zero-order valence-electron chi connectivity index (χ0n) is 27.5. The summed E-state index contributed by atoms with van der Waals surface area (Å²) < 4.78 is 1.37. The number of allylic oxidation sites excluding steroid dienone is 2. The van der Waals surface area contributed by atoms with E-state index in [1.165, 1.54) is 71.9 Å². The van der Waals surface area contributed by atoms with Crippen LogP contribution in [0.25, 0.3) is 32.6 Å². The van der Waals surface area contributed by atoms with Crippen LogP contribution in [0.4, 0.5) is 0 Å². The van der Waals surface area contributed by atoms with Gasteiger partial charge in [-0.25, -0.2) is 0 Å². The first kappa shape index (κ1) is 30.1. The topological polar surface area (TPSA) is 0 Å². The van der Waals surface area contributed by atoms with Crippen LogP contribution < -0.4 is 0 Å². The molecule has 0 amide bonds. The monoisotopic (exact) mass is 668 g/mol. The van der Waals surface area contributed by atoms with Crippen molar-refractivity contribution in [3.8, 4) is 22.3 Å². The van der Waals surface area contributed by atoms with Gasteiger partial charge in [-0.1, -0.05) is 0 Å². The van der Waals surface area contributed by atoms with Crippen molar-refractivity contribution in [2.45, 2.75) is 86.6 Å². The molecule has 2 atom stereocenters. The van der Waals surface area contributed by atoms with E-state index in [0.717, 1.165) is 0 Å². The number of hydrogen-bond donors (Lipinski definition) is 0. The molecule has 222 valence electrons. The fourth-order valence-electron chi connectivity index (χ4n) is 8.49. The zero-order chi connectivity index (χ0) is 30.6. The van der Waals surface area contributed by atoms with Crippen molar-refractivity contribution in [3.05, 3.63) is 129 Å². The molecule has 2 unspecified atom stereocenters. The SMILES string of the molecule is CCCCC1=C2c3c(-c4ccc(C)cc4)cccc3[CH]1[Zr][CH]1C(CCCC)=C(c3c(-c4ccc(C)cc4)cccc31)[Si]2(C)C. The average Bonchev–Trinajstić information content (AvgIpc) is 3.54. The van der Waals surface area contributed by atoms with E-state index in [2.05, 4.69) is 126 Å². The van der Waals surface area contributed by atoms with Gasteiger partial charge in [-0.15, -0.1) is 0 Å². The van der Waals surface area contributed by atoms with Crippen LogP contribution in [0.3, 0.4) is 0 Å². The first-order chi connectivity index (χ1) is 21.3. The van der Waals surface area contributed by atoms with E-state index in [-0.39, 0.29) is 0 Å². The van der Waals surface area contributed by atoms with Gasteiger partial charge >= 0.3 is 280 Å². The summed E-state index contributed by atoms with van der Waals surface area (Å²) in [6.45, 7) is 14.6. The molecular formula is C42H46SiZr. The molecule has 0 radical (unpaired) electrons. The Balaban J connectivity index is 1.52. The third-order valence-electron chi connectivity index (χ3n) is 10.6. The summed E-state index contributed by atoms with van der Waals surface area (Å²) in [6, 6.07) is 33.4. The fraction of sp³-hybridized carbons (Fsp3) is 0.333. The second-order valence-corrected chi connectivity index (χ2v) is 21.8. The molecule has 0 N–H and O–H groups in total. The van der Waals surface area contributed by atoms with E-state index in [0.29, 0.717) is 7.25 Å². The van der Waals surface area contributed by atoms with E-state index >= 15 is 0 Å². The standard InChI is InChI=1S/C42H46Si.Zr/c1-7-9-13-35-27-33-15-11-17-37(31-23-19-29(3)20-24-31)39(33)41(35)43(5,6)42-36(14-10-8-2)28-34-16-12-18-38(40(34)42)32-25-21-30(4)22-26-32;/h11-12,15-28H,7-10,13-14H2,1-6H3;. The van der Waals surface area contributed by atoms with Gasteiger partial charge < -0.3 is 0 Å². The molecule has 0 saturated carbocycles. The third-order valence-corrected chi connectivity index (χ3v) is 19.1. The number of hydrogen-bond acceptors (Lipinski definition) is 0. The van der Waals surface area contributed by atoms with Crippen LogP contribution in [-0.2, 0) is 23.2 Å². The van der Waals surface area contributed by atoms with Gasteiger partial charge in [0.25, 0.3) is 0 Å². The molecule has 3 aliphatic rings. The second-order valence-electron chi connectivity index (χ2n) is 13.9. The van der Waals surface area contributed by atoms with Gasteiger partial charge in [0.2, 0.25) is 0 Å². The summed E-state index contributed by atoms with van der Waals surface area (Å²) in [5.41, 5.74) is 18.8. The number of aryl methyl sites for hydroxylation is 2. The van der Waals surface area contributed by atoms with Crippen molar-refractivity contribution in [1.29, 1.82) is 0 Å². The maximum atomic E-state index is 2.74. The van der Waals surface area contributed by atoms with Crippen LogP contribution in [0.15, 0.2) is 96.1 Å². The number of benzene rings is 4. The Morgan fingerprint density at radius 3 is 1.36 bits per heavy atom. The van der Waals surface area contributed by atoms with Crippen molar-refractivity contribution in [2.75, 3.05) is 0 Å². The molecule has 7 rings (SSSR count). The molecule has 1 heterocycles. The van der Waals surface area contributed by atoms with Gasteiger partial charge in [0.1, 0.15) is 0 Å². The Bertz CT molecular complexity index is 1650. The van der Waals surface area contributed by atoms with Gasteiger partial charge in [-0.3, -0.25) is 0 Å². The molecule has 2 aliphatic carbocycles. The van der Waals surface area contributed by atoms with Gasteiger partial charge in [0.05, 0.1) is 0 Å². The Kier molecular flexibility index (Phi) is 8.22. The quantitative estimate of drug-likeness (QED) is 0.164. The van der Waals surface area contributed by atoms with Crippen LogP contribution in [0, 0.1) is 13.8 Å². The van der Waals surface area contributed by atoms with E-state index in [1.807, 2.05) is 21.5 Å². The predicted molar refractivity (Wildman–Crippen MR) is 189 cm³/mol. The minimum atomic E-state index is -2.14. The normalized spacial score (nSPS) is 19.4. The molecule has 0 spiro atoms. The average molecular weight is 670 g/mol. The Labute approximate surface area is 278 Å². The third kappa shape index (κ3) is 4.87. The van der Waals surface area contributed by atoms with Crippen molar-refractivity contribution in [3.63, 3.8) is 0 Å². The zero-order valence-corrected chi connectivity index (χ0v) is 30.9. The first-order valence-electron chi connectivity index (χ1n) is 17.0. The number of rotatable bonds is 8. The van der Waals surface area contributed by atoms with Crippen molar-refractivity contribution in [1.82, 2.24) is 0 Å². The van der Waals surface area contributed by atoms with E-state index < -0.39 is 31.3 Å².